The first-order valence-corrected chi connectivity index (χ1v) is 11.2. The van der Waals surface area contributed by atoms with Gasteiger partial charge in [0.1, 0.15) is 24.1 Å². The minimum absolute atomic E-state index is 0.190. The summed E-state index contributed by atoms with van der Waals surface area (Å²) in [6.07, 6.45) is 1.84. The molecule has 0 amide bonds. The number of rotatable bonds is 6. The molecule has 0 aliphatic carbocycles. The highest BCUT2D eigenvalue weighted by atomic mass is 19.4. The highest BCUT2D eigenvalue weighted by Gasteiger charge is 2.37. The first-order valence-electron chi connectivity index (χ1n) is 11.2. The Morgan fingerprint density at radius 3 is 2.74 bits per heavy atom. The number of nitrogens with one attached hydrogen (secondary N) is 1. The van der Waals surface area contributed by atoms with E-state index < -0.39 is 23.8 Å². The molecule has 7 nitrogen and oxygen atoms in total. The van der Waals surface area contributed by atoms with Gasteiger partial charge < -0.3 is 4.74 Å². The quantitative estimate of drug-likeness (QED) is 0.402. The lowest BCUT2D eigenvalue weighted by Crippen LogP contribution is -2.26. The number of aromatic nitrogens is 5. The SMILES string of the molecule is CC/C(=C\C(OC)C(=N)n1cnc(C)c1)c1nc2n(n1)CCCC2c1ccccc1C(F)(F)F. The molecule has 0 saturated heterocycles. The fraction of sp³-hybridized carbons (Fsp3) is 0.417. The Morgan fingerprint density at radius 1 is 1.32 bits per heavy atom. The Hall–Kier alpha value is -3.27. The van der Waals surface area contributed by atoms with Gasteiger partial charge >= 0.3 is 6.18 Å². The van der Waals surface area contributed by atoms with E-state index in [9.17, 15) is 13.2 Å². The van der Waals surface area contributed by atoms with Crippen molar-refractivity contribution in [1.29, 1.82) is 5.41 Å². The zero-order chi connectivity index (χ0) is 24.5. The van der Waals surface area contributed by atoms with Crippen LogP contribution in [0.1, 0.15) is 60.6 Å². The van der Waals surface area contributed by atoms with E-state index in [1.165, 1.54) is 19.2 Å². The Labute approximate surface area is 195 Å². The van der Waals surface area contributed by atoms with Crippen molar-refractivity contribution in [3.63, 3.8) is 0 Å². The van der Waals surface area contributed by atoms with E-state index in [2.05, 4.69) is 10.1 Å². The summed E-state index contributed by atoms with van der Waals surface area (Å²) in [5.74, 6) is 0.684. The highest BCUT2D eigenvalue weighted by Crippen LogP contribution is 2.40. The summed E-state index contributed by atoms with van der Waals surface area (Å²) in [5, 5.41) is 13.1. The van der Waals surface area contributed by atoms with Crippen LogP contribution in [0.4, 0.5) is 13.2 Å². The minimum Gasteiger partial charge on any atom is -0.369 e. The third-order valence-electron chi connectivity index (χ3n) is 6.05. The summed E-state index contributed by atoms with van der Waals surface area (Å²) in [6, 6.07) is 5.69. The number of methoxy groups -OCH3 is 1. The molecule has 0 fully saturated rings. The summed E-state index contributed by atoms with van der Waals surface area (Å²) in [5.41, 5.74) is 1.14. The number of halogens is 3. The van der Waals surface area contributed by atoms with Crippen LogP contribution in [0.15, 0.2) is 42.9 Å². The molecule has 1 N–H and O–H groups in total. The van der Waals surface area contributed by atoms with Crippen molar-refractivity contribution < 1.29 is 17.9 Å². The second-order valence-electron chi connectivity index (χ2n) is 8.31. The third kappa shape index (κ3) is 4.68. The van der Waals surface area contributed by atoms with Crippen LogP contribution in [-0.2, 0) is 17.5 Å². The van der Waals surface area contributed by atoms with Gasteiger partial charge in [-0.15, -0.1) is 0 Å². The van der Waals surface area contributed by atoms with E-state index in [4.69, 9.17) is 15.1 Å². The van der Waals surface area contributed by atoms with Crippen LogP contribution >= 0.6 is 0 Å². The minimum atomic E-state index is -4.44. The van der Waals surface area contributed by atoms with E-state index in [1.54, 1.807) is 33.9 Å². The second kappa shape index (κ2) is 9.54. The first-order chi connectivity index (χ1) is 16.2. The van der Waals surface area contributed by atoms with Gasteiger partial charge in [0.2, 0.25) is 0 Å². The second-order valence-corrected chi connectivity index (χ2v) is 8.31. The number of hydrogen-bond acceptors (Lipinski definition) is 5. The van der Waals surface area contributed by atoms with Gasteiger partial charge in [-0.1, -0.05) is 25.1 Å². The fourth-order valence-electron chi connectivity index (χ4n) is 4.33. The molecule has 3 aromatic rings. The maximum atomic E-state index is 13.7. The average Bonchev–Trinajstić information content (AvgIpc) is 3.45. The van der Waals surface area contributed by atoms with Crippen molar-refractivity contribution in [1.82, 2.24) is 24.3 Å². The predicted octanol–water partition coefficient (Wildman–Crippen LogP) is 5.06. The van der Waals surface area contributed by atoms with E-state index in [1.807, 2.05) is 13.8 Å². The van der Waals surface area contributed by atoms with E-state index in [-0.39, 0.29) is 11.4 Å². The van der Waals surface area contributed by atoms with Crippen LogP contribution in [0.5, 0.6) is 0 Å². The number of hydrogen-bond donors (Lipinski definition) is 1. The van der Waals surface area contributed by atoms with Gasteiger partial charge in [0, 0.05) is 25.8 Å². The van der Waals surface area contributed by atoms with Crippen LogP contribution in [-0.4, -0.2) is 43.4 Å². The largest absolute Gasteiger partial charge is 0.416 e. The standard InChI is InChI=1S/C24H27F3N6O/c1-4-16(12-20(34-3)21(28)32-13-15(2)29-14-32)22-30-23-18(9-7-11-33(23)31-22)17-8-5-6-10-19(17)24(25,26)27/h5-6,8,10,12-14,18,20,28H,4,7,9,11H2,1-3H3/b16-12+,28-21?. The number of imidazole rings is 1. The maximum Gasteiger partial charge on any atom is 0.416 e. The Balaban J connectivity index is 1.70. The van der Waals surface area contributed by atoms with E-state index in [0.29, 0.717) is 37.5 Å². The van der Waals surface area contributed by atoms with Crippen molar-refractivity contribution in [3.05, 3.63) is 71.3 Å². The molecule has 0 radical (unpaired) electrons. The maximum absolute atomic E-state index is 13.7. The molecule has 1 aliphatic rings. The third-order valence-corrected chi connectivity index (χ3v) is 6.05. The molecule has 2 atom stereocenters. The van der Waals surface area contributed by atoms with Gasteiger partial charge in [0.25, 0.3) is 0 Å². The van der Waals surface area contributed by atoms with Crippen LogP contribution in [0, 0.1) is 12.3 Å². The van der Waals surface area contributed by atoms with Gasteiger partial charge in [-0.3, -0.25) is 9.98 Å². The molecule has 2 unspecified atom stereocenters. The Morgan fingerprint density at radius 2 is 2.09 bits per heavy atom. The summed E-state index contributed by atoms with van der Waals surface area (Å²) < 4.78 is 49.9. The fourth-order valence-corrected chi connectivity index (χ4v) is 4.33. The number of ether oxygens (including phenoxy) is 1. The molecule has 1 aliphatic heterocycles. The van der Waals surface area contributed by atoms with Crippen molar-refractivity contribution in [2.45, 2.75) is 57.9 Å². The average molecular weight is 473 g/mol. The Kier molecular flexibility index (Phi) is 6.70. The summed E-state index contributed by atoms with van der Waals surface area (Å²) in [4.78, 5) is 8.85. The number of fused-ring (bicyclic) bond motifs is 1. The smallest absolute Gasteiger partial charge is 0.369 e. The zero-order valence-electron chi connectivity index (χ0n) is 19.3. The van der Waals surface area contributed by atoms with Crippen molar-refractivity contribution in [2.24, 2.45) is 0 Å². The first kappa shape index (κ1) is 23.9. The van der Waals surface area contributed by atoms with Crippen molar-refractivity contribution in [2.75, 3.05) is 7.11 Å². The molecule has 0 saturated carbocycles. The normalized spacial score (nSPS) is 17.5. The molecular weight excluding hydrogens is 445 g/mol. The molecular formula is C24H27F3N6O. The van der Waals surface area contributed by atoms with Crippen LogP contribution in [0.3, 0.4) is 0 Å². The van der Waals surface area contributed by atoms with Crippen LogP contribution in [0.2, 0.25) is 0 Å². The molecule has 180 valence electrons. The lowest BCUT2D eigenvalue weighted by molar-refractivity contribution is -0.138. The number of allylic oxidation sites excluding steroid dienone is 1. The summed E-state index contributed by atoms with van der Waals surface area (Å²) in [7, 11) is 1.52. The predicted molar refractivity (Wildman–Crippen MR) is 122 cm³/mol. The number of nitrogens with zero attached hydrogens (tertiary/aromatic N) is 5. The van der Waals surface area contributed by atoms with Crippen molar-refractivity contribution in [3.8, 4) is 0 Å². The highest BCUT2D eigenvalue weighted by molar-refractivity contribution is 5.89. The monoisotopic (exact) mass is 472 g/mol. The van der Waals surface area contributed by atoms with E-state index in [0.717, 1.165) is 17.3 Å². The van der Waals surface area contributed by atoms with Gasteiger partial charge in [-0.25, -0.2) is 14.6 Å². The molecule has 34 heavy (non-hydrogen) atoms. The number of alkyl halides is 3. The van der Waals surface area contributed by atoms with Crippen LogP contribution < -0.4 is 0 Å². The molecule has 0 bridgehead atoms. The zero-order valence-corrected chi connectivity index (χ0v) is 19.3. The summed E-state index contributed by atoms with van der Waals surface area (Å²) >= 11 is 0. The summed E-state index contributed by atoms with van der Waals surface area (Å²) in [6.45, 7) is 4.38. The number of benzene rings is 1. The van der Waals surface area contributed by atoms with E-state index >= 15 is 0 Å². The lowest BCUT2D eigenvalue weighted by Gasteiger charge is -2.25. The molecule has 1 aromatic carbocycles. The molecule has 3 heterocycles. The topological polar surface area (TPSA) is 81.6 Å². The van der Waals surface area contributed by atoms with Gasteiger partial charge in [-0.05, 0) is 49.5 Å². The van der Waals surface area contributed by atoms with Gasteiger partial charge in [0.15, 0.2) is 5.82 Å². The number of aryl methyl sites for hydroxylation is 2. The molecule has 2 aromatic heterocycles. The van der Waals surface area contributed by atoms with Crippen molar-refractivity contribution >= 4 is 11.4 Å². The molecule has 0 spiro atoms. The van der Waals surface area contributed by atoms with Gasteiger partial charge in [-0.2, -0.15) is 18.3 Å². The van der Waals surface area contributed by atoms with Crippen LogP contribution in [0.25, 0.3) is 5.57 Å². The molecule has 10 heteroatoms. The lowest BCUT2D eigenvalue weighted by atomic mass is 9.87. The van der Waals surface area contributed by atoms with Gasteiger partial charge in [0.05, 0.1) is 11.3 Å². The Bertz CT molecular complexity index is 1210. The molecule has 4 rings (SSSR count).